The van der Waals surface area contributed by atoms with Gasteiger partial charge in [-0.1, -0.05) is 12.1 Å². The number of rotatable bonds is 3. The fourth-order valence-corrected chi connectivity index (χ4v) is 3.89. The number of benzene rings is 1. The number of thioether (sulfide) groups is 1. The van der Waals surface area contributed by atoms with E-state index in [-0.39, 0.29) is 15.5 Å². The Balaban J connectivity index is 1.75. The summed E-state index contributed by atoms with van der Waals surface area (Å²) in [6.07, 6.45) is -2.00. The number of ether oxygens (including phenoxy) is 1. The van der Waals surface area contributed by atoms with Crippen LogP contribution in [0.5, 0.6) is 0 Å². The monoisotopic (exact) mass is 413 g/mol. The number of fused-ring (bicyclic) bond motifs is 1. The van der Waals surface area contributed by atoms with Gasteiger partial charge in [-0.2, -0.15) is 18.3 Å². The summed E-state index contributed by atoms with van der Waals surface area (Å²) in [4.78, 5) is 22.9. The number of nitrogens with zero attached hydrogens (tertiary/aromatic N) is 2. The highest BCUT2D eigenvalue weighted by molar-refractivity contribution is 8.18. The average molecular weight is 413 g/mol. The SMILES string of the molecule is COC(=O)/C=C1/S/C(=N\N=Cc2ccc3c(C(F)(F)F)csc3c2)NC1=O. The molecule has 0 bridgehead atoms. The van der Waals surface area contributed by atoms with Gasteiger partial charge in [0.15, 0.2) is 5.17 Å². The zero-order valence-electron chi connectivity index (χ0n) is 13.5. The Morgan fingerprint density at radius 3 is 2.81 bits per heavy atom. The van der Waals surface area contributed by atoms with Gasteiger partial charge in [-0.3, -0.25) is 10.1 Å². The van der Waals surface area contributed by atoms with Gasteiger partial charge in [0.2, 0.25) is 0 Å². The van der Waals surface area contributed by atoms with E-state index in [9.17, 15) is 22.8 Å². The number of amides is 1. The number of methoxy groups -OCH3 is 1. The van der Waals surface area contributed by atoms with Crippen LogP contribution in [0.3, 0.4) is 0 Å². The largest absolute Gasteiger partial charge is 0.466 e. The molecule has 0 radical (unpaired) electrons. The van der Waals surface area contributed by atoms with Crippen LogP contribution >= 0.6 is 23.1 Å². The molecule has 1 N–H and O–H groups in total. The van der Waals surface area contributed by atoms with Crippen LogP contribution in [-0.2, 0) is 20.5 Å². The number of alkyl halides is 3. The molecule has 27 heavy (non-hydrogen) atoms. The molecule has 1 aromatic carbocycles. The smallest absolute Gasteiger partial charge is 0.417 e. The molecule has 11 heteroatoms. The molecule has 3 rings (SSSR count). The molecule has 1 saturated heterocycles. The quantitative estimate of drug-likeness (QED) is 0.361. The first-order valence-corrected chi connectivity index (χ1v) is 8.96. The molecule has 0 spiro atoms. The van der Waals surface area contributed by atoms with Crippen LogP contribution < -0.4 is 5.32 Å². The summed E-state index contributed by atoms with van der Waals surface area (Å²) in [6, 6.07) is 4.45. The summed E-state index contributed by atoms with van der Waals surface area (Å²) in [6.45, 7) is 0. The topological polar surface area (TPSA) is 80.1 Å². The lowest BCUT2D eigenvalue weighted by Gasteiger charge is -2.04. The number of carbonyl (C=O) groups excluding carboxylic acids is 2. The molecule has 0 atom stereocenters. The van der Waals surface area contributed by atoms with Gasteiger partial charge < -0.3 is 4.74 Å². The van der Waals surface area contributed by atoms with E-state index >= 15 is 0 Å². The van der Waals surface area contributed by atoms with Gasteiger partial charge in [0.25, 0.3) is 5.91 Å². The van der Waals surface area contributed by atoms with Crippen molar-refractivity contribution in [1.82, 2.24) is 5.32 Å². The lowest BCUT2D eigenvalue weighted by molar-refractivity contribution is -0.136. The highest BCUT2D eigenvalue weighted by atomic mass is 32.2. The third-order valence-corrected chi connectivity index (χ3v) is 5.21. The minimum absolute atomic E-state index is 0.121. The summed E-state index contributed by atoms with van der Waals surface area (Å²) >= 11 is 1.91. The van der Waals surface area contributed by atoms with Gasteiger partial charge in [0.1, 0.15) is 0 Å². The molecule has 2 aromatic rings. The molecule has 1 amide bonds. The van der Waals surface area contributed by atoms with Crippen LogP contribution in [-0.4, -0.2) is 30.4 Å². The number of thiophene rings is 1. The maximum atomic E-state index is 12.9. The Bertz CT molecular complexity index is 1010. The van der Waals surface area contributed by atoms with Crippen LogP contribution in [0.15, 0.2) is 44.8 Å². The van der Waals surface area contributed by atoms with Gasteiger partial charge in [0.05, 0.1) is 23.8 Å². The maximum absolute atomic E-state index is 12.9. The van der Waals surface area contributed by atoms with Crippen molar-refractivity contribution in [1.29, 1.82) is 0 Å². The summed E-state index contributed by atoms with van der Waals surface area (Å²) in [5, 5.41) is 11.5. The van der Waals surface area contributed by atoms with Crippen molar-refractivity contribution in [3.8, 4) is 0 Å². The lowest BCUT2D eigenvalue weighted by atomic mass is 10.1. The van der Waals surface area contributed by atoms with Crippen LogP contribution in [0.4, 0.5) is 13.2 Å². The number of hydrogen-bond acceptors (Lipinski definition) is 7. The van der Waals surface area contributed by atoms with E-state index < -0.39 is 23.6 Å². The first-order valence-electron chi connectivity index (χ1n) is 7.26. The van der Waals surface area contributed by atoms with Gasteiger partial charge in [0, 0.05) is 21.5 Å². The van der Waals surface area contributed by atoms with Crippen molar-refractivity contribution in [3.05, 3.63) is 45.7 Å². The second-order valence-corrected chi connectivity index (χ2v) is 7.08. The Morgan fingerprint density at radius 1 is 1.33 bits per heavy atom. The van der Waals surface area contributed by atoms with Gasteiger partial charge in [-0.25, -0.2) is 4.79 Å². The molecule has 0 aliphatic carbocycles. The number of hydrogen-bond donors (Lipinski definition) is 1. The average Bonchev–Trinajstić information content (AvgIpc) is 3.18. The summed E-state index contributed by atoms with van der Waals surface area (Å²) in [5.74, 6) is -1.17. The van der Waals surface area contributed by atoms with E-state index in [1.54, 1.807) is 6.07 Å². The van der Waals surface area contributed by atoms with Crippen LogP contribution in [0.1, 0.15) is 11.1 Å². The van der Waals surface area contributed by atoms with Crippen molar-refractivity contribution in [2.75, 3.05) is 7.11 Å². The molecular formula is C16H10F3N3O3S2. The van der Waals surface area contributed by atoms with E-state index in [2.05, 4.69) is 20.3 Å². The third-order valence-electron chi connectivity index (χ3n) is 3.36. The molecule has 1 aliphatic heterocycles. The fourth-order valence-electron chi connectivity index (χ4n) is 2.13. The molecule has 1 aliphatic rings. The molecule has 2 heterocycles. The maximum Gasteiger partial charge on any atom is 0.417 e. The number of carbonyl (C=O) groups is 2. The normalized spacial score (nSPS) is 18.0. The van der Waals surface area contributed by atoms with Crippen molar-refractivity contribution < 1.29 is 27.5 Å². The van der Waals surface area contributed by atoms with Crippen molar-refractivity contribution >= 4 is 56.4 Å². The van der Waals surface area contributed by atoms with Crippen molar-refractivity contribution in [2.24, 2.45) is 10.2 Å². The lowest BCUT2D eigenvalue weighted by Crippen LogP contribution is -2.19. The molecule has 1 fully saturated rings. The predicted molar refractivity (Wildman–Crippen MR) is 97.7 cm³/mol. The van der Waals surface area contributed by atoms with Gasteiger partial charge in [-0.05, 0) is 23.4 Å². The fraction of sp³-hybridized carbons (Fsp3) is 0.125. The number of esters is 1. The minimum Gasteiger partial charge on any atom is -0.466 e. The zero-order valence-corrected chi connectivity index (χ0v) is 15.2. The Labute approximate surface area is 158 Å². The van der Waals surface area contributed by atoms with Crippen molar-refractivity contribution in [2.45, 2.75) is 6.18 Å². The van der Waals surface area contributed by atoms with Gasteiger partial charge >= 0.3 is 12.1 Å². The van der Waals surface area contributed by atoms with E-state index in [1.165, 1.54) is 25.5 Å². The summed E-state index contributed by atoms with van der Waals surface area (Å²) in [5.41, 5.74) is -0.108. The van der Waals surface area contributed by atoms with E-state index in [1.807, 2.05) is 0 Å². The Morgan fingerprint density at radius 2 is 2.11 bits per heavy atom. The Hall–Kier alpha value is -2.66. The molecule has 6 nitrogen and oxygen atoms in total. The number of nitrogens with one attached hydrogen (secondary N) is 1. The first-order chi connectivity index (χ1) is 12.8. The first kappa shape index (κ1) is 19.1. The van der Waals surface area contributed by atoms with Gasteiger partial charge in [-0.15, -0.1) is 16.4 Å². The molecule has 140 valence electrons. The number of halogens is 3. The summed E-state index contributed by atoms with van der Waals surface area (Å²) in [7, 11) is 1.19. The molecule has 0 unspecified atom stereocenters. The highest BCUT2D eigenvalue weighted by Crippen LogP contribution is 2.38. The second kappa shape index (κ2) is 7.53. The van der Waals surface area contributed by atoms with E-state index in [0.717, 1.165) is 34.6 Å². The van der Waals surface area contributed by atoms with E-state index in [4.69, 9.17) is 0 Å². The molecular weight excluding hydrogens is 403 g/mol. The Kier molecular flexibility index (Phi) is 5.33. The second-order valence-electron chi connectivity index (χ2n) is 5.14. The molecule has 1 aromatic heterocycles. The third kappa shape index (κ3) is 4.37. The van der Waals surface area contributed by atoms with Crippen molar-refractivity contribution in [3.63, 3.8) is 0 Å². The van der Waals surface area contributed by atoms with E-state index in [0.29, 0.717) is 10.3 Å². The predicted octanol–water partition coefficient (Wildman–Crippen LogP) is 3.53. The summed E-state index contributed by atoms with van der Waals surface area (Å²) < 4.78 is 43.6. The highest BCUT2D eigenvalue weighted by Gasteiger charge is 2.33. The molecule has 0 saturated carbocycles. The van der Waals surface area contributed by atoms with Crippen LogP contribution in [0.25, 0.3) is 10.1 Å². The number of amidine groups is 1. The van der Waals surface area contributed by atoms with Crippen LogP contribution in [0, 0.1) is 0 Å². The zero-order chi connectivity index (χ0) is 19.6. The standard InChI is InChI=1S/C16H10F3N3O3S2/c1-25-13(23)5-12-14(24)21-15(27-12)22-20-6-8-2-3-9-10(16(17,18)19)7-26-11(9)4-8/h2-7H,1H3,(H,21,22,24)/b12-5+,20-6?. The van der Waals surface area contributed by atoms with Crippen LogP contribution in [0.2, 0.25) is 0 Å². The minimum atomic E-state index is -4.40.